The van der Waals surface area contributed by atoms with E-state index in [1.165, 1.54) is 0 Å². The smallest absolute Gasteiger partial charge is 0.408 e. The van der Waals surface area contributed by atoms with Crippen LogP contribution in [0.4, 0.5) is 10.6 Å². The lowest BCUT2D eigenvalue weighted by Gasteiger charge is -2.36. The van der Waals surface area contributed by atoms with Crippen molar-refractivity contribution in [3.63, 3.8) is 0 Å². The number of benzene rings is 1. The number of aromatic nitrogens is 2. The monoisotopic (exact) mass is 424 g/mol. The van der Waals surface area contributed by atoms with Crippen LogP contribution in [0.1, 0.15) is 76.5 Å². The summed E-state index contributed by atoms with van der Waals surface area (Å²) in [6.45, 7) is 5.59. The zero-order chi connectivity index (χ0) is 22.1. The van der Waals surface area contributed by atoms with Crippen molar-refractivity contribution in [3.05, 3.63) is 47.7 Å². The first-order valence-electron chi connectivity index (χ1n) is 11.2. The second kappa shape index (κ2) is 8.36. The van der Waals surface area contributed by atoms with E-state index in [1.807, 2.05) is 45.0 Å². The molecule has 0 radical (unpaired) electrons. The first kappa shape index (κ1) is 21.4. The van der Waals surface area contributed by atoms with E-state index < -0.39 is 5.41 Å². The molecule has 0 spiro atoms. The number of alkyl carbamates (subject to hydrolysis) is 1. The van der Waals surface area contributed by atoms with Crippen molar-refractivity contribution in [3.8, 4) is 0 Å². The van der Waals surface area contributed by atoms with E-state index in [0.717, 1.165) is 49.8 Å². The van der Waals surface area contributed by atoms with Gasteiger partial charge in [0, 0.05) is 23.1 Å². The van der Waals surface area contributed by atoms with Gasteiger partial charge in [0.2, 0.25) is 5.91 Å². The third kappa shape index (κ3) is 4.75. The summed E-state index contributed by atoms with van der Waals surface area (Å²) in [5.74, 6) is 0.708. The number of ether oxygens (including phenoxy) is 1. The number of nitrogens with zero attached hydrogens (tertiary/aromatic N) is 1. The van der Waals surface area contributed by atoms with Crippen LogP contribution in [-0.4, -0.2) is 28.3 Å². The van der Waals surface area contributed by atoms with Crippen LogP contribution >= 0.6 is 0 Å². The van der Waals surface area contributed by atoms with Gasteiger partial charge >= 0.3 is 6.09 Å². The highest BCUT2D eigenvalue weighted by atomic mass is 16.6. The van der Waals surface area contributed by atoms with Crippen molar-refractivity contribution >= 4 is 17.8 Å². The number of carbonyl (C=O) groups is 2. The Labute approximate surface area is 183 Å². The predicted molar refractivity (Wildman–Crippen MR) is 119 cm³/mol. The molecular formula is C24H32N4O3. The number of H-pyrrole nitrogens is 1. The Kier molecular flexibility index (Phi) is 5.77. The topological polar surface area (TPSA) is 96.1 Å². The Morgan fingerprint density at radius 1 is 1.13 bits per heavy atom. The normalized spacial score (nSPS) is 22.4. The fourth-order valence-corrected chi connectivity index (χ4v) is 4.43. The van der Waals surface area contributed by atoms with Gasteiger partial charge in [0.05, 0.1) is 5.54 Å². The van der Waals surface area contributed by atoms with Crippen LogP contribution < -0.4 is 10.6 Å². The average molecular weight is 425 g/mol. The summed E-state index contributed by atoms with van der Waals surface area (Å²) < 4.78 is 5.71. The Hall–Kier alpha value is -2.83. The van der Waals surface area contributed by atoms with Gasteiger partial charge < -0.3 is 15.4 Å². The minimum atomic E-state index is -0.474. The van der Waals surface area contributed by atoms with Crippen molar-refractivity contribution in [1.29, 1.82) is 0 Å². The van der Waals surface area contributed by atoms with Crippen LogP contribution in [0, 0.1) is 5.41 Å². The Bertz CT molecular complexity index is 920. The largest absolute Gasteiger partial charge is 0.446 e. The molecule has 7 nitrogen and oxygen atoms in total. The molecule has 1 heterocycles. The molecule has 166 valence electrons. The molecule has 3 N–H and O–H groups in total. The molecule has 0 bridgehead atoms. The van der Waals surface area contributed by atoms with Gasteiger partial charge in [-0.05, 0) is 31.2 Å². The molecule has 0 saturated heterocycles. The summed E-state index contributed by atoms with van der Waals surface area (Å²) in [6, 6.07) is 12.1. The lowest BCUT2D eigenvalue weighted by atomic mass is 9.80. The van der Waals surface area contributed by atoms with Crippen molar-refractivity contribution < 1.29 is 14.3 Å². The molecule has 2 amide bonds. The second-order valence-corrected chi connectivity index (χ2v) is 9.89. The average Bonchev–Trinajstić information content (AvgIpc) is 3.35. The Balaban J connectivity index is 1.28. The van der Waals surface area contributed by atoms with Gasteiger partial charge in [-0.1, -0.05) is 63.9 Å². The number of anilines is 1. The van der Waals surface area contributed by atoms with Crippen molar-refractivity contribution in [2.24, 2.45) is 5.41 Å². The molecular weight excluding hydrogens is 392 g/mol. The fraction of sp³-hybridized carbons (Fsp3) is 0.542. The summed E-state index contributed by atoms with van der Waals surface area (Å²) in [5, 5.41) is 13.2. The van der Waals surface area contributed by atoms with Crippen LogP contribution in [0.25, 0.3) is 0 Å². The van der Waals surface area contributed by atoms with Crippen LogP contribution in [0.5, 0.6) is 0 Å². The standard InChI is InChI=1S/C24H32N4O3/c1-23(2,3)21(29)25-20-15-19(27-28-20)16-13-18(14-16)31-22(30)26-24(11-7-8-12-24)17-9-5-4-6-10-17/h4-6,9-10,15-16,18H,7-8,11-14H2,1-3H3,(H,26,30)(H2,25,27,28,29)/t16-,18+. The number of hydrogen-bond acceptors (Lipinski definition) is 4. The molecule has 2 fully saturated rings. The highest BCUT2D eigenvalue weighted by Gasteiger charge is 2.40. The molecule has 7 heteroatoms. The van der Waals surface area contributed by atoms with Crippen LogP contribution in [0.3, 0.4) is 0 Å². The minimum Gasteiger partial charge on any atom is -0.446 e. The maximum atomic E-state index is 12.6. The molecule has 2 aliphatic rings. The van der Waals surface area contributed by atoms with Gasteiger partial charge in [-0.3, -0.25) is 9.89 Å². The SMILES string of the molecule is CC(C)(C)C(=O)Nc1cc([C@H]2C[C@@H](OC(=O)NC3(c4ccccc4)CCCC3)C2)[nH]n1. The third-order valence-corrected chi connectivity index (χ3v) is 6.45. The molecule has 31 heavy (non-hydrogen) atoms. The zero-order valence-electron chi connectivity index (χ0n) is 18.5. The summed E-state index contributed by atoms with van der Waals surface area (Å²) in [5.41, 5.74) is 1.32. The zero-order valence-corrected chi connectivity index (χ0v) is 18.5. The van der Waals surface area contributed by atoms with E-state index in [2.05, 4.69) is 33.0 Å². The van der Waals surface area contributed by atoms with E-state index >= 15 is 0 Å². The lowest BCUT2D eigenvalue weighted by Crippen LogP contribution is -2.46. The first-order valence-corrected chi connectivity index (χ1v) is 11.2. The second-order valence-electron chi connectivity index (χ2n) is 9.89. The number of hydrogen-bond donors (Lipinski definition) is 3. The summed E-state index contributed by atoms with van der Waals surface area (Å²) >= 11 is 0. The summed E-state index contributed by atoms with van der Waals surface area (Å²) in [4.78, 5) is 24.8. The van der Waals surface area contributed by atoms with Gasteiger partial charge in [-0.2, -0.15) is 5.10 Å². The number of carbonyl (C=O) groups excluding carboxylic acids is 2. The molecule has 0 unspecified atom stereocenters. The lowest BCUT2D eigenvalue weighted by molar-refractivity contribution is -0.123. The third-order valence-electron chi connectivity index (χ3n) is 6.45. The number of rotatable bonds is 5. The van der Waals surface area contributed by atoms with E-state index in [9.17, 15) is 9.59 Å². The van der Waals surface area contributed by atoms with Crippen LogP contribution in [0.15, 0.2) is 36.4 Å². The van der Waals surface area contributed by atoms with Gasteiger partial charge in [0.25, 0.3) is 0 Å². The molecule has 2 saturated carbocycles. The molecule has 2 aliphatic carbocycles. The van der Waals surface area contributed by atoms with Crippen LogP contribution in [0.2, 0.25) is 0 Å². The van der Waals surface area contributed by atoms with E-state index in [4.69, 9.17) is 4.74 Å². The van der Waals surface area contributed by atoms with Gasteiger partial charge in [0.1, 0.15) is 6.10 Å². The highest BCUT2D eigenvalue weighted by molar-refractivity contribution is 5.93. The molecule has 4 rings (SSSR count). The van der Waals surface area contributed by atoms with Gasteiger partial charge in [-0.25, -0.2) is 4.79 Å². The predicted octanol–water partition coefficient (Wildman–Crippen LogP) is 4.84. The Morgan fingerprint density at radius 3 is 2.45 bits per heavy atom. The molecule has 1 aromatic carbocycles. The number of amides is 2. The summed E-state index contributed by atoms with van der Waals surface area (Å²) in [6.07, 6.45) is 5.16. The summed E-state index contributed by atoms with van der Waals surface area (Å²) in [7, 11) is 0. The fourth-order valence-electron chi connectivity index (χ4n) is 4.43. The molecule has 2 aromatic rings. The van der Waals surface area contributed by atoms with Gasteiger partial charge in [0.15, 0.2) is 5.82 Å². The Morgan fingerprint density at radius 2 is 1.81 bits per heavy atom. The maximum Gasteiger partial charge on any atom is 0.408 e. The molecule has 0 aliphatic heterocycles. The van der Waals surface area contributed by atoms with E-state index in [1.54, 1.807) is 0 Å². The molecule has 1 aromatic heterocycles. The number of aromatic amines is 1. The highest BCUT2D eigenvalue weighted by Crippen LogP contribution is 2.41. The minimum absolute atomic E-state index is 0.0729. The quantitative estimate of drug-likeness (QED) is 0.640. The van der Waals surface area contributed by atoms with Crippen molar-refractivity contribution in [2.75, 3.05) is 5.32 Å². The maximum absolute atomic E-state index is 12.6. The van der Waals surface area contributed by atoms with Crippen molar-refractivity contribution in [2.45, 2.75) is 76.9 Å². The number of nitrogens with one attached hydrogen (secondary N) is 3. The van der Waals surface area contributed by atoms with Gasteiger partial charge in [-0.15, -0.1) is 0 Å². The van der Waals surface area contributed by atoms with Crippen LogP contribution in [-0.2, 0) is 15.1 Å². The van der Waals surface area contributed by atoms with E-state index in [0.29, 0.717) is 5.82 Å². The van der Waals surface area contributed by atoms with Crippen molar-refractivity contribution in [1.82, 2.24) is 15.5 Å². The van der Waals surface area contributed by atoms with E-state index in [-0.39, 0.29) is 29.6 Å². The molecule has 0 atom stereocenters. The first-order chi connectivity index (χ1) is 14.7.